The minimum atomic E-state index is 0. The van der Waals surface area contributed by atoms with Gasteiger partial charge in [-0.1, -0.05) is 6.07 Å². The van der Waals surface area contributed by atoms with E-state index in [1.54, 1.807) is 7.05 Å². The molecule has 0 aromatic carbocycles. The number of pyridine rings is 1. The van der Waals surface area contributed by atoms with E-state index in [2.05, 4.69) is 26.3 Å². The van der Waals surface area contributed by atoms with Crippen LogP contribution in [0.1, 0.15) is 43.5 Å². The molecule has 9 N–H and O–H groups in total. The summed E-state index contributed by atoms with van der Waals surface area (Å²) in [6, 6.07) is 5.86. The van der Waals surface area contributed by atoms with Crippen LogP contribution >= 0.6 is 9.24 Å². The van der Waals surface area contributed by atoms with Gasteiger partial charge in [0.15, 0.2) is 12.4 Å². The Balaban J connectivity index is -0.00000000432. The second-order valence-corrected chi connectivity index (χ2v) is 5.85. The molecule has 0 saturated carbocycles. The molecule has 1 unspecified atom stereocenters. The van der Waals surface area contributed by atoms with Crippen LogP contribution in [0.5, 0.6) is 0 Å². The summed E-state index contributed by atoms with van der Waals surface area (Å²) in [6.45, 7) is 7.53. The number of piperidine rings is 1. The quantitative estimate of drug-likeness (QED) is 0.219. The summed E-state index contributed by atoms with van der Waals surface area (Å²) in [6.07, 6.45) is 16.7. The minimum Gasteiger partial charge on any atom is -0.218 e. The average molecular weight is 2890 g/mol. The van der Waals surface area contributed by atoms with Gasteiger partial charge in [-0.15, -0.1) is 0 Å². The van der Waals surface area contributed by atoms with E-state index in [-0.39, 0.29) is 1230 Å². The Bertz CT molecular complexity index is 476. The largest absolute Gasteiger partial charge is 0.218 e. The Morgan fingerprint density at radius 3 is 0.732 bits per heavy atom. The predicted octanol–water partition coefficient (Wildman–Crippen LogP) is -66.6. The number of aromatic amines is 2. The van der Waals surface area contributed by atoms with Gasteiger partial charge in [0.05, 0.1) is 40.3 Å². The summed E-state index contributed by atoms with van der Waals surface area (Å²) in [5.41, 5.74) is 3.25. The first-order valence-electron chi connectivity index (χ1n) is 14.3. The first-order valence-corrected chi connectivity index (χ1v) is 152. The standard InChI is InChI=1S/C5H11N.C5H5N.C4H6N2.C4H9N.CH5N.CH5P.29Rb.8H/c2*1-2-4-6-5-3-1;1-6-3-2-5-4-6;1-2-4-5-3-1;2*1-2;;;;;;;;;;;;;;;;;;;;;;;;;;;;;;;;;;;;;/h6H,1-5H2;1-5H;2-4H,1H3;5H,1-4H2;2*2H2,1H3;;;;;;;;;;;;;;;;;;;;;;;;;;;;;;;;;;;;;/q;;;;;;;;;;;;;;21*+1;8*-1/p+6. The number of hydrogen-bond donors (Lipinski definition) is 3. The molecule has 2 aromatic rings. The average Bonchev–Trinajstić information content (AvgIpc) is 3.76. The molecule has 0 radical (unpaired) electrons. The summed E-state index contributed by atoms with van der Waals surface area (Å²) in [5.74, 6) is 0. The van der Waals surface area contributed by atoms with Crippen molar-refractivity contribution < 1.29 is 1260 Å². The van der Waals surface area contributed by atoms with Crippen molar-refractivity contribution in [1.82, 2.24) is 4.57 Å². The van der Waals surface area contributed by atoms with Gasteiger partial charge in [0.1, 0.15) is 12.4 Å². The molecule has 1 atom stereocenters. The van der Waals surface area contributed by atoms with Gasteiger partial charge in [0.25, 0.3) is 0 Å². The van der Waals surface area contributed by atoms with Crippen molar-refractivity contribution >= 4 is 280 Å². The topological polar surface area (TPSA) is 94.1 Å². The second kappa shape index (κ2) is 208. The number of H-pyrrole nitrogens is 2. The molecule has 36 heteroatoms. The van der Waals surface area contributed by atoms with Crippen molar-refractivity contribution in [2.75, 3.05) is 39.9 Å². The van der Waals surface area contributed by atoms with Crippen molar-refractivity contribution in [2.45, 2.75) is 32.1 Å². The predicted molar refractivity (Wildman–Crippen MR) is 172 cm³/mol. The Morgan fingerprint density at radius 2 is 0.661 bits per heavy atom. The van der Waals surface area contributed by atoms with Crippen LogP contribution in [-0.2, 0) is 7.05 Å². The molecule has 4 rings (SSSR count). The van der Waals surface area contributed by atoms with Gasteiger partial charge in [0, 0.05) is 31.6 Å². The third-order valence-corrected chi connectivity index (χ3v) is 3.67. The van der Waals surface area contributed by atoms with Crippen molar-refractivity contribution in [3.05, 3.63) is 49.3 Å². The number of nitrogens with zero attached hydrogens (tertiary/aromatic N) is 1. The molecule has 180 valence electrons. The maximum atomic E-state index is 3.25. The number of aromatic nitrogens is 3. The fourth-order valence-corrected chi connectivity index (χ4v) is 2.33. The Kier molecular flexibility index (Phi) is 697. The van der Waals surface area contributed by atoms with Crippen molar-refractivity contribution in [3.63, 3.8) is 0 Å². The summed E-state index contributed by atoms with van der Waals surface area (Å²) >= 11 is 9.28. The Morgan fingerprint density at radius 1 is 0.429 bits per heavy atom. The second-order valence-electron chi connectivity index (χ2n) is 5.85. The molecular formula is C20H55N6PRb29+19. The van der Waals surface area contributed by atoms with Gasteiger partial charge in [0.2, 0.25) is 6.33 Å². The van der Waals surface area contributed by atoms with Crippen LogP contribution < -0.4 is 1250 Å². The first-order chi connectivity index (χ1) is 17.4. The van der Waals surface area contributed by atoms with E-state index in [0.29, 0.717) is 0 Å². The van der Waals surface area contributed by atoms with E-state index in [1.807, 2.05) is 76.8 Å². The maximum Gasteiger partial charge on any atom is 0.166 e. The number of nitrogens with two attached hydrogens (primary N) is 2. The number of imidazole rings is 1. The number of aryl methyl sites for hydroxylation is 1. The van der Waals surface area contributed by atoms with Gasteiger partial charge in [-0.3, -0.25) is 4.98 Å². The smallest absolute Gasteiger partial charge is 0.166 e. The molecule has 0 bridgehead atoms. The monoisotopic (exact) mass is 2870 g/mol. The van der Waals surface area contributed by atoms with Crippen LogP contribution in [0.15, 0.2) is 49.3 Å². The molecule has 4 heterocycles. The number of nitrogens with one attached hydrogen (secondary N) is 2. The molecule has 2 aromatic heterocycles. The Labute approximate surface area is 1590 Å². The minimum absolute atomic E-state index is 0. The van der Waals surface area contributed by atoms with E-state index in [9.17, 15) is 0 Å². The fraction of sp³-hybridized carbons (Fsp3) is 0.600. The van der Waals surface area contributed by atoms with E-state index < -0.39 is 0 Å². The Hall–Kier alpha value is 51.0. The first kappa shape index (κ1) is 188. The zero-order valence-corrected chi connectivity index (χ0v) is 191. The molecule has 2 fully saturated rings. The zero-order valence-electron chi connectivity index (χ0n) is 55.0. The van der Waals surface area contributed by atoms with Gasteiger partial charge in [-0.05, 0) is 28.5 Å². The summed E-state index contributed by atoms with van der Waals surface area (Å²) in [5, 5.41) is 4.75. The fourth-order valence-electron chi connectivity index (χ4n) is 2.33. The summed E-state index contributed by atoms with van der Waals surface area (Å²) in [4.78, 5) is 5.78. The number of rotatable bonds is 0. The van der Waals surface area contributed by atoms with Crippen LogP contribution in [0.3, 0.4) is 0 Å². The third-order valence-electron chi connectivity index (χ3n) is 3.67. The van der Waals surface area contributed by atoms with Crippen LogP contribution in [0.4, 0.5) is 0 Å². The SMILES string of the molecule is C1CC[NH2+]C1.C1CC[NH2+]CC1.C[NH3+].C[PH3+].Cn1cc[nH+]c1.[H-].[H-].[H-].[H-].[H-].[H-].[H-].[H-].[Rb+].[Rb+].[Rb+].[Rb+].[Rb+].[Rb+].[Rb+].[Rb+].[Rb+].[Rb+].[Rb+].[Rb+].[Rb+].[Rb+].[Rb+].[Rb+].[Rb+].[Rb+].[Rb+].[Rb+].[Rb+].[Rb][Rb].[Rb][Rb].[Rb][Rb].[Rb][Rb].c1cc[nH+]cc1. The van der Waals surface area contributed by atoms with E-state index in [1.165, 1.54) is 58.3 Å². The molecule has 0 amide bonds. The summed E-state index contributed by atoms with van der Waals surface area (Å²) < 4.78 is 1.94. The molecule has 2 aliphatic heterocycles. The van der Waals surface area contributed by atoms with E-state index in [4.69, 9.17) is 0 Å². The molecule has 6 nitrogen and oxygen atoms in total. The van der Waals surface area contributed by atoms with Crippen LogP contribution in [-0.4, -0.2) is 315 Å². The molecule has 0 aliphatic carbocycles. The number of hydrogen-bond acceptors (Lipinski definition) is 0. The van der Waals surface area contributed by atoms with Crippen LogP contribution in [0.2, 0.25) is 0 Å². The van der Waals surface area contributed by atoms with Crippen molar-refractivity contribution in [3.8, 4) is 0 Å². The molecule has 56 heavy (non-hydrogen) atoms. The van der Waals surface area contributed by atoms with Gasteiger partial charge < -0.3 is 27.8 Å². The molecule has 2 aliphatic rings. The normalized spacial score (nSPS) is 7.36. The zero-order chi connectivity index (χ0) is 28.4. The van der Waals surface area contributed by atoms with Gasteiger partial charge >= 0.3 is 1490 Å². The van der Waals surface area contributed by atoms with E-state index >= 15 is 0 Å². The van der Waals surface area contributed by atoms with Gasteiger partial charge in [-0.2, -0.15) is 0 Å². The maximum absolute atomic E-state index is 3.25. The van der Waals surface area contributed by atoms with E-state index in [0.717, 1.165) is 271 Å². The third kappa shape index (κ3) is 202. The van der Waals surface area contributed by atoms with Crippen LogP contribution in [0.25, 0.3) is 0 Å². The van der Waals surface area contributed by atoms with Crippen molar-refractivity contribution in [1.29, 1.82) is 0 Å². The van der Waals surface area contributed by atoms with Crippen LogP contribution in [0, 0.1) is 0 Å². The van der Waals surface area contributed by atoms with Crippen molar-refractivity contribution in [2.24, 2.45) is 7.05 Å². The molecule has 0 spiro atoms. The summed E-state index contributed by atoms with van der Waals surface area (Å²) in [7, 11) is 5.58. The number of quaternary nitrogens is 3. The molecule has 2 saturated heterocycles. The molecular weight excluding hydrogens is 2830 g/mol. The van der Waals surface area contributed by atoms with Gasteiger partial charge in [-0.25, -0.2) is 9.55 Å².